The quantitative estimate of drug-likeness (QED) is 0.398. The Balaban J connectivity index is 1.30. The molecule has 0 spiro atoms. The third-order valence-electron chi connectivity index (χ3n) is 7.60. The van der Waals surface area contributed by atoms with Crippen LogP contribution in [-0.2, 0) is 10.2 Å². The van der Waals surface area contributed by atoms with Gasteiger partial charge in [0.25, 0.3) is 0 Å². The van der Waals surface area contributed by atoms with Gasteiger partial charge in [0.05, 0.1) is 19.3 Å². The summed E-state index contributed by atoms with van der Waals surface area (Å²) < 4.78 is 26.7. The van der Waals surface area contributed by atoms with Crippen LogP contribution < -0.4 is 9.64 Å². The molecule has 3 aliphatic heterocycles. The number of hydrogen-bond acceptors (Lipinski definition) is 7. The van der Waals surface area contributed by atoms with Gasteiger partial charge in [-0.15, -0.1) is 0 Å². The average Bonchev–Trinajstić information content (AvgIpc) is 3.42. The molecule has 7 rings (SSSR count). The minimum Gasteiger partial charge on any atom is -0.435 e. The Kier molecular flexibility index (Phi) is 5.55. The summed E-state index contributed by atoms with van der Waals surface area (Å²) in [6.45, 7) is 7.35. The Morgan fingerprint density at radius 2 is 1.82 bits per heavy atom. The number of halogens is 1. The van der Waals surface area contributed by atoms with E-state index in [1.807, 2.05) is 12.1 Å². The van der Waals surface area contributed by atoms with Gasteiger partial charge in [-0.05, 0) is 43.2 Å². The molecule has 2 aromatic heterocycles. The SMILES string of the molecule is CC(C)(C1=C2C=C[C@@H](c3ccc(N4CCOCC4)cc3)N=C2Oc2c(F)cccc21)c1nc2nccnc2[nH]1. The minimum atomic E-state index is -0.665. The predicted octanol–water partition coefficient (Wildman–Crippen LogP) is 5.16. The summed E-state index contributed by atoms with van der Waals surface area (Å²) in [4.78, 5) is 24.0. The number of anilines is 1. The number of aliphatic imine (C=N–C) groups is 1. The van der Waals surface area contributed by atoms with Crippen LogP contribution in [0, 0.1) is 5.82 Å². The van der Waals surface area contributed by atoms with Gasteiger partial charge >= 0.3 is 0 Å². The molecular formula is C30H27FN6O2. The van der Waals surface area contributed by atoms with Gasteiger partial charge in [-0.1, -0.05) is 36.4 Å². The molecule has 9 heteroatoms. The lowest BCUT2D eigenvalue weighted by atomic mass is 9.75. The van der Waals surface area contributed by atoms with Gasteiger partial charge in [0, 0.05) is 47.7 Å². The number of morpholine rings is 1. The highest BCUT2D eigenvalue weighted by Gasteiger charge is 2.40. The molecule has 1 N–H and O–H groups in total. The number of imidazole rings is 1. The number of benzene rings is 2. The molecular weight excluding hydrogens is 495 g/mol. The second kappa shape index (κ2) is 9.13. The van der Waals surface area contributed by atoms with Crippen LogP contribution in [0.4, 0.5) is 10.1 Å². The van der Waals surface area contributed by atoms with Crippen molar-refractivity contribution >= 4 is 28.5 Å². The van der Waals surface area contributed by atoms with E-state index in [4.69, 9.17) is 19.5 Å². The summed E-state index contributed by atoms with van der Waals surface area (Å²) in [5.41, 5.74) is 5.03. The van der Waals surface area contributed by atoms with Crippen molar-refractivity contribution in [2.45, 2.75) is 25.3 Å². The molecule has 3 aliphatic rings. The largest absolute Gasteiger partial charge is 0.435 e. The fraction of sp³-hybridized carbons (Fsp3) is 0.267. The zero-order valence-corrected chi connectivity index (χ0v) is 21.7. The van der Waals surface area contributed by atoms with Gasteiger partial charge in [-0.2, -0.15) is 0 Å². The molecule has 0 aliphatic carbocycles. The number of ether oxygens (including phenoxy) is 2. The van der Waals surface area contributed by atoms with Crippen molar-refractivity contribution in [1.82, 2.24) is 19.9 Å². The van der Waals surface area contributed by atoms with Crippen LogP contribution >= 0.6 is 0 Å². The number of para-hydroxylation sites is 1. The monoisotopic (exact) mass is 522 g/mol. The Bertz CT molecular complexity index is 1630. The van der Waals surface area contributed by atoms with Crippen LogP contribution in [0.1, 0.15) is 36.8 Å². The van der Waals surface area contributed by atoms with E-state index in [2.05, 4.69) is 64.0 Å². The Morgan fingerprint density at radius 1 is 1.03 bits per heavy atom. The first kappa shape index (κ1) is 23.7. The molecule has 1 fully saturated rings. The summed E-state index contributed by atoms with van der Waals surface area (Å²) in [5.74, 6) is 0.813. The molecule has 0 unspecified atom stereocenters. The Labute approximate surface area is 224 Å². The van der Waals surface area contributed by atoms with Crippen LogP contribution in [0.15, 0.2) is 77.6 Å². The molecule has 39 heavy (non-hydrogen) atoms. The number of fused-ring (bicyclic) bond motifs is 3. The number of aromatic nitrogens is 4. The van der Waals surface area contributed by atoms with Crippen molar-refractivity contribution in [2.75, 3.05) is 31.2 Å². The van der Waals surface area contributed by atoms with Gasteiger partial charge in [0.15, 0.2) is 22.9 Å². The van der Waals surface area contributed by atoms with Crippen molar-refractivity contribution in [2.24, 2.45) is 4.99 Å². The van der Waals surface area contributed by atoms with Gasteiger partial charge < -0.3 is 19.4 Å². The van der Waals surface area contributed by atoms with Crippen molar-refractivity contribution in [3.8, 4) is 5.75 Å². The molecule has 5 heterocycles. The molecule has 2 aromatic carbocycles. The summed E-state index contributed by atoms with van der Waals surface area (Å²) in [6, 6.07) is 13.2. The number of dihydropyridines is 1. The summed E-state index contributed by atoms with van der Waals surface area (Å²) in [6.07, 6.45) is 7.34. The maximum absolute atomic E-state index is 15.1. The molecule has 4 aromatic rings. The average molecular weight is 523 g/mol. The van der Waals surface area contributed by atoms with E-state index in [0.29, 0.717) is 28.6 Å². The molecule has 0 amide bonds. The number of allylic oxidation sites excluding steroid dienone is 1. The number of nitrogens with one attached hydrogen (secondary N) is 1. The van der Waals surface area contributed by atoms with E-state index in [-0.39, 0.29) is 11.8 Å². The van der Waals surface area contributed by atoms with Gasteiger partial charge in [0.2, 0.25) is 5.90 Å². The maximum Gasteiger partial charge on any atom is 0.223 e. The molecule has 196 valence electrons. The van der Waals surface area contributed by atoms with Crippen LogP contribution in [0.3, 0.4) is 0 Å². The van der Waals surface area contributed by atoms with Gasteiger partial charge in [0.1, 0.15) is 5.82 Å². The number of H-pyrrole nitrogens is 1. The third kappa shape index (κ3) is 4.01. The van der Waals surface area contributed by atoms with E-state index in [1.165, 1.54) is 11.8 Å². The molecule has 0 saturated carbocycles. The molecule has 1 atom stereocenters. The van der Waals surface area contributed by atoms with E-state index in [9.17, 15) is 0 Å². The topological polar surface area (TPSA) is 88.5 Å². The molecule has 1 saturated heterocycles. The summed E-state index contributed by atoms with van der Waals surface area (Å²) in [5, 5.41) is 0. The van der Waals surface area contributed by atoms with Gasteiger partial charge in [-0.25, -0.2) is 24.3 Å². The van der Waals surface area contributed by atoms with E-state index in [1.54, 1.807) is 18.5 Å². The first-order chi connectivity index (χ1) is 19.0. The number of aromatic amines is 1. The normalized spacial score (nSPS) is 19.0. The second-order valence-corrected chi connectivity index (χ2v) is 10.4. The molecule has 8 nitrogen and oxygen atoms in total. The van der Waals surface area contributed by atoms with Crippen molar-refractivity contribution in [3.63, 3.8) is 0 Å². The third-order valence-corrected chi connectivity index (χ3v) is 7.60. The standard InChI is InChI=1S/C30H27FN6O2/c1-30(2,29-35-26-27(36-29)33-13-12-32-26)24-20-4-3-5-22(31)25(20)39-28-21(24)10-11-23(34-28)18-6-8-19(9-7-18)37-14-16-38-17-15-37/h3-13,23H,14-17H2,1-2H3,(H,32,33,35,36)/t23-/m0/s1. The van der Waals surface area contributed by atoms with Crippen LogP contribution in [0.2, 0.25) is 0 Å². The Morgan fingerprint density at radius 3 is 2.62 bits per heavy atom. The lowest BCUT2D eigenvalue weighted by Crippen LogP contribution is -2.36. The first-order valence-electron chi connectivity index (χ1n) is 13.1. The minimum absolute atomic E-state index is 0.173. The fourth-order valence-electron chi connectivity index (χ4n) is 5.54. The summed E-state index contributed by atoms with van der Waals surface area (Å²) >= 11 is 0. The second-order valence-electron chi connectivity index (χ2n) is 10.4. The van der Waals surface area contributed by atoms with E-state index < -0.39 is 11.2 Å². The highest BCUT2D eigenvalue weighted by atomic mass is 19.1. The number of rotatable bonds is 4. The van der Waals surface area contributed by atoms with Crippen molar-refractivity contribution in [3.05, 3.63) is 95.4 Å². The van der Waals surface area contributed by atoms with Crippen molar-refractivity contribution < 1.29 is 13.9 Å². The van der Waals surface area contributed by atoms with Crippen LogP contribution in [0.5, 0.6) is 5.75 Å². The molecule has 0 bridgehead atoms. The first-order valence-corrected chi connectivity index (χ1v) is 13.1. The maximum atomic E-state index is 15.1. The molecule has 0 radical (unpaired) electrons. The van der Waals surface area contributed by atoms with Crippen molar-refractivity contribution in [1.29, 1.82) is 0 Å². The van der Waals surface area contributed by atoms with Crippen LogP contribution in [-0.4, -0.2) is 52.1 Å². The fourth-order valence-corrected chi connectivity index (χ4v) is 5.54. The van der Waals surface area contributed by atoms with Crippen LogP contribution in [0.25, 0.3) is 16.9 Å². The lowest BCUT2D eigenvalue weighted by molar-refractivity contribution is 0.122. The summed E-state index contributed by atoms with van der Waals surface area (Å²) in [7, 11) is 0. The highest BCUT2D eigenvalue weighted by Crippen LogP contribution is 2.48. The highest BCUT2D eigenvalue weighted by molar-refractivity contribution is 6.10. The zero-order valence-electron chi connectivity index (χ0n) is 21.7. The Hall–Kier alpha value is -4.37. The number of hydrogen-bond donors (Lipinski definition) is 1. The number of nitrogens with zero attached hydrogens (tertiary/aromatic N) is 5. The van der Waals surface area contributed by atoms with E-state index >= 15 is 4.39 Å². The lowest BCUT2D eigenvalue weighted by Gasteiger charge is -2.34. The smallest absolute Gasteiger partial charge is 0.223 e. The van der Waals surface area contributed by atoms with E-state index in [0.717, 1.165) is 43.0 Å². The zero-order chi connectivity index (χ0) is 26.6. The van der Waals surface area contributed by atoms with Gasteiger partial charge in [-0.3, -0.25) is 0 Å². The predicted molar refractivity (Wildman–Crippen MR) is 147 cm³/mol.